The molecular formula is C15H23NO2. The van der Waals surface area contributed by atoms with Gasteiger partial charge in [0.05, 0.1) is 5.41 Å². The lowest BCUT2D eigenvalue weighted by molar-refractivity contribution is -0.162. The summed E-state index contributed by atoms with van der Waals surface area (Å²) in [5.41, 5.74) is 5.83. The van der Waals surface area contributed by atoms with Crippen LogP contribution >= 0.6 is 0 Å². The van der Waals surface area contributed by atoms with Crippen LogP contribution in [-0.2, 0) is 16.1 Å². The quantitative estimate of drug-likeness (QED) is 0.816. The number of hydrogen-bond acceptors (Lipinski definition) is 3. The Morgan fingerprint density at radius 1 is 1.17 bits per heavy atom. The lowest BCUT2D eigenvalue weighted by Crippen LogP contribution is -2.45. The fourth-order valence-electron chi connectivity index (χ4n) is 1.43. The molecule has 1 aromatic carbocycles. The Labute approximate surface area is 109 Å². The molecule has 2 N–H and O–H groups in total. The van der Waals surface area contributed by atoms with Crippen LogP contribution in [0, 0.1) is 10.8 Å². The fourth-order valence-corrected chi connectivity index (χ4v) is 1.43. The van der Waals surface area contributed by atoms with Crippen molar-refractivity contribution in [1.29, 1.82) is 0 Å². The summed E-state index contributed by atoms with van der Waals surface area (Å²) >= 11 is 0. The first kappa shape index (κ1) is 14.7. The van der Waals surface area contributed by atoms with Gasteiger partial charge in [0.15, 0.2) is 0 Å². The first-order chi connectivity index (χ1) is 8.31. The Morgan fingerprint density at radius 3 is 2.22 bits per heavy atom. The molecule has 0 heterocycles. The van der Waals surface area contributed by atoms with Crippen molar-refractivity contribution in [3.05, 3.63) is 35.9 Å². The summed E-state index contributed by atoms with van der Waals surface area (Å²) in [5, 5.41) is 0. The van der Waals surface area contributed by atoms with Gasteiger partial charge in [-0.2, -0.15) is 0 Å². The lowest BCUT2D eigenvalue weighted by Gasteiger charge is -2.38. The van der Waals surface area contributed by atoms with Crippen molar-refractivity contribution in [1.82, 2.24) is 0 Å². The first-order valence-corrected chi connectivity index (χ1v) is 6.22. The molecule has 0 fully saturated rings. The number of carbonyl (C=O) groups is 1. The monoisotopic (exact) mass is 249 g/mol. The third-order valence-electron chi connectivity index (χ3n) is 3.93. The number of hydrogen-bond donors (Lipinski definition) is 1. The molecule has 100 valence electrons. The normalized spacial score (nSPS) is 12.3. The number of benzene rings is 1. The predicted octanol–water partition coefficient (Wildman–Crippen LogP) is 2.74. The average Bonchev–Trinajstić information content (AvgIpc) is 2.36. The van der Waals surface area contributed by atoms with Gasteiger partial charge in [-0.05, 0) is 31.4 Å². The van der Waals surface area contributed by atoms with E-state index in [9.17, 15) is 4.79 Å². The van der Waals surface area contributed by atoms with Crippen LogP contribution in [-0.4, -0.2) is 12.5 Å². The maximum absolute atomic E-state index is 12.2. The molecule has 0 bridgehead atoms. The standard InChI is InChI=1S/C15H23NO2/c1-14(2,11-16)15(3,4)13(17)18-10-12-8-6-5-7-9-12/h5-9H,10-11,16H2,1-4H3. The first-order valence-electron chi connectivity index (χ1n) is 6.22. The van der Waals surface area contributed by atoms with Gasteiger partial charge in [-0.15, -0.1) is 0 Å². The van der Waals surface area contributed by atoms with Gasteiger partial charge in [-0.1, -0.05) is 44.2 Å². The SMILES string of the molecule is CC(C)(CN)C(C)(C)C(=O)OCc1ccccc1. The summed E-state index contributed by atoms with van der Waals surface area (Å²) in [4.78, 5) is 12.2. The maximum Gasteiger partial charge on any atom is 0.312 e. The zero-order chi connectivity index (χ0) is 13.8. The molecule has 0 atom stereocenters. The molecular weight excluding hydrogens is 226 g/mol. The number of nitrogens with two attached hydrogens (primary N) is 1. The molecule has 1 aromatic rings. The Hall–Kier alpha value is -1.35. The van der Waals surface area contributed by atoms with E-state index < -0.39 is 5.41 Å². The molecule has 1 rings (SSSR count). The highest BCUT2D eigenvalue weighted by atomic mass is 16.5. The van der Waals surface area contributed by atoms with Gasteiger partial charge in [0.1, 0.15) is 6.61 Å². The van der Waals surface area contributed by atoms with Gasteiger partial charge in [0.2, 0.25) is 0 Å². The van der Waals surface area contributed by atoms with E-state index in [4.69, 9.17) is 10.5 Å². The molecule has 0 aromatic heterocycles. The topological polar surface area (TPSA) is 52.3 Å². The summed E-state index contributed by atoms with van der Waals surface area (Å²) in [5.74, 6) is -0.207. The van der Waals surface area contributed by atoms with Gasteiger partial charge >= 0.3 is 5.97 Å². The highest BCUT2D eigenvalue weighted by molar-refractivity contribution is 5.77. The molecule has 0 aliphatic rings. The fraction of sp³-hybridized carbons (Fsp3) is 0.533. The highest BCUT2D eigenvalue weighted by Gasteiger charge is 2.43. The van der Waals surface area contributed by atoms with Crippen molar-refractivity contribution in [2.24, 2.45) is 16.6 Å². The molecule has 0 radical (unpaired) electrons. The van der Waals surface area contributed by atoms with Gasteiger partial charge in [0.25, 0.3) is 0 Å². The van der Waals surface area contributed by atoms with Crippen LogP contribution < -0.4 is 5.73 Å². The summed E-state index contributed by atoms with van der Waals surface area (Å²) in [6.07, 6.45) is 0. The second kappa shape index (κ2) is 5.53. The lowest BCUT2D eigenvalue weighted by atomic mass is 9.68. The molecule has 0 amide bonds. The van der Waals surface area contributed by atoms with Gasteiger partial charge in [0, 0.05) is 0 Å². The Kier molecular flexibility index (Phi) is 4.52. The summed E-state index contributed by atoms with van der Waals surface area (Å²) < 4.78 is 5.39. The molecule has 0 unspecified atom stereocenters. The van der Waals surface area contributed by atoms with Crippen LogP contribution in [0.5, 0.6) is 0 Å². The van der Waals surface area contributed by atoms with E-state index >= 15 is 0 Å². The number of rotatable bonds is 5. The second-order valence-corrected chi connectivity index (χ2v) is 5.77. The molecule has 0 aliphatic heterocycles. The van der Waals surface area contributed by atoms with Gasteiger partial charge in [-0.25, -0.2) is 0 Å². The van der Waals surface area contributed by atoms with E-state index in [1.807, 2.05) is 58.0 Å². The van der Waals surface area contributed by atoms with Crippen LogP contribution in [0.25, 0.3) is 0 Å². The van der Waals surface area contributed by atoms with Crippen molar-refractivity contribution in [3.63, 3.8) is 0 Å². The molecule has 0 saturated heterocycles. The zero-order valence-corrected chi connectivity index (χ0v) is 11.7. The van der Waals surface area contributed by atoms with Crippen molar-refractivity contribution in [3.8, 4) is 0 Å². The van der Waals surface area contributed by atoms with E-state index in [1.54, 1.807) is 0 Å². The molecule has 18 heavy (non-hydrogen) atoms. The van der Waals surface area contributed by atoms with E-state index in [-0.39, 0.29) is 11.4 Å². The predicted molar refractivity (Wildman–Crippen MR) is 72.9 cm³/mol. The number of carbonyl (C=O) groups excluding carboxylic acids is 1. The Bertz CT molecular complexity index is 396. The van der Waals surface area contributed by atoms with Crippen LogP contribution in [0.2, 0.25) is 0 Å². The minimum Gasteiger partial charge on any atom is -0.460 e. The van der Waals surface area contributed by atoms with Crippen molar-refractivity contribution < 1.29 is 9.53 Å². The molecule has 0 saturated carbocycles. The summed E-state index contributed by atoms with van der Waals surface area (Å²) in [6, 6.07) is 9.67. The molecule has 0 aliphatic carbocycles. The number of ether oxygens (including phenoxy) is 1. The van der Waals surface area contributed by atoms with Crippen LogP contribution in [0.3, 0.4) is 0 Å². The number of esters is 1. The minimum atomic E-state index is -0.601. The largest absolute Gasteiger partial charge is 0.460 e. The Balaban J connectivity index is 2.66. The van der Waals surface area contributed by atoms with E-state index in [0.29, 0.717) is 13.2 Å². The van der Waals surface area contributed by atoms with Gasteiger partial charge in [-0.3, -0.25) is 4.79 Å². The van der Waals surface area contributed by atoms with Crippen LogP contribution in [0.15, 0.2) is 30.3 Å². The Morgan fingerprint density at radius 2 is 1.72 bits per heavy atom. The third-order valence-corrected chi connectivity index (χ3v) is 3.93. The summed E-state index contributed by atoms with van der Waals surface area (Å²) in [7, 11) is 0. The average molecular weight is 249 g/mol. The molecule has 3 nitrogen and oxygen atoms in total. The van der Waals surface area contributed by atoms with E-state index in [1.165, 1.54) is 0 Å². The highest BCUT2D eigenvalue weighted by Crippen LogP contribution is 2.38. The van der Waals surface area contributed by atoms with Crippen molar-refractivity contribution in [2.75, 3.05) is 6.54 Å². The zero-order valence-electron chi connectivity index (χ0n) is 11.7. The maximum atomic E-state index is 12.2. The molecule has 0 spiro atoms. The van der Waals surface area contributed by atoms with E-state index in [2.05, 4.69) is 0 Å². The van der Waals surface area contributed by atoms with E-state index in [0.717, 1.165) is 5.56 Å². The van der Waals surface area contributed by atoms with Crippen molar-refractivity contribution in [2.45, 2.75) is 34.3 Å². The van der Waals surface area contributed by atoms with Crippen LogP contribution in [0.1, 0.15) is 33.3 Å². The van der Waals surface area contributed by atoms with Gasteiger partial charge < -0.3 is 10.5 Å². The minimum absolute atomic E-state index is 0.207. The smallest absolute Gasteiger partial charge is 0.312 e. The molecule has 3 heteroatoms. The van der Waals surface area contributed by atoms with Crippen LogP contribution in [0.4, 0.5) is 0 Å². The third kappa shape index (κ3) is 3.10. The second-order valence-electron chi connectivity index (χ2n) is 5.77. The van der Waals surface area contributed by atoms with Crippen molar-refractivity contribution >= 4 is 5.97 Å². The summed E-state index contributed by atoms with van der Waals surface area (Å²) in [6.45, 7) is 8.48.